The summed E-state index contributed by atoms with van der Waals surface area (Å²) in [6.45, 7) is 0.132. The van der Waals surface area contributed by atoms with Gasteiger partial charge in [0.05, 0.1) is 18.0 Å². The standard InChI is InChI=1S/C20H13ClFN5OS/c21-16-2-1-15(22)7-14(16)11-28-27-5-3-17-18(27)8-13(9-24-17)20-25-10-19(29-20)26-6-4-23-12-26/h1-10,12H,11H2. The number of thiazole rings is 1. The van der Waals surface area contributed by atoms with Gasteiger partial charge >= 0.3 is 0 Å². The molecule has 6 nitrogen and oxygen atoms in total. The van der Waals surface area contributed by atoms with Gasteiger partial charge in [0.2, 0.25) is 0 Å². The third kappa shape index (κ3) is 3.48. The Balaban J connectivity index is 1.44. The van der Waals surface area contributed by atoms with Gasteiger partial charge in [0.25, 0.3) is 0 Å². The molecule has 4 heterocycles. The number of fused-ring (bicyclic) bond motifs is 1. The van der Waals surface area contributed by atoms with E-state index in [4.69, 9.17) is 16.4 Å². The molecule has 0 aliphatic carbocycles. The smallest absolute Gasteiger partial charge is 0.141 e. The summed E-state index contributed by atoms with van der Waals surface area (Å²) in [5, 5.41) is 2.26. The Kier molecular flexibility index (Phi) is 4.49. The third-order valence-electron chi connectivity index (χ3n) is 4.37. The van der Waals surface area contributed by atoms with Gasteiger partial charge in [-0.25, -0.2) is 14.4 Å². The number of pyridine rings is 1. The zero-order chi connectivity index (χ0) is 19.8. The lowest BCUT2D eigenvalue weighted by molar-refractivity contribution is 0.107. The second kappa shape index (κ2) is 7.31. The molecule has 144 valence electrons. The van der Waals surface area contributed by atoms with Crippen molar-refractivity contribution in [3.8, 4) is 15.6 Å². The molecule has 9 heteroatoms. The summed E-state index contributed by atoms with van der Waals surface area (Å²) in [4.78, 5) is 18.9. The minimum Gasteiger partial charge on any atom is -0.409 e. The van der Waals surface area contributed by atoms with Crippen molar-refractivity contribution in [2.75, 3.05) is 0 Å². The van der Waals surface area contributed by atoms with E-state index < -0.39 is 0 Å². The van der Waals surface area contributed by atoms with Crippen LogP contribution in [-0.4, -0.2) is 24.2 Å². The average Bonchev–Trinajstić information content (AvgIpc) is 3.48. The van der Waals surface area contributed by atoms with Gasteiger partial charge in [-0.3, -0.25) is 9.55 Å². The predicted octanol–water partition coefficient (Wildman–Crippen LogP) is 4.77. The fourth-order valence-electron chi connectivity index (χ4n) is 2.92. The summed E-state index contributed by atoms with van der Waals surface area (Å²) in [7, 11) is 0. The molecule has 1 aromatic carbocycles. The van der Waals surface area contributed by atoms with Crippen LogP contribution in [0.1, 0.15) is 5.56 Å². The lowest BCUT2D eigenvalue weighted by Crippen LogP contribution is -2.10. The minimum atomic E-state index is -0.355. The van der Waals surface area contributed by atoms with Gasteiger partial charge in [-0.2, -0.15) is 4.73 Å². The molecule has 29 heavy (non-hydrogen) atoms. The van der Waals surface area contributed by atoms with Crippen LogP contribution in [0.25, 0.3) is 26.6 Å². The first kappa shape index (κ1) is 17.8. The van der Waals surface area contributed by atoms with E-state index in [-0.39, 0.29) is 12.4 Å². The topological polar surface area (TPSA) is 57.8 Å². The van der Waals surface area contributed by atoms with E-state index in [0.717, 1.165) is 26.6 Å². The van der Waals surface area contributed by atoms with E-state index in [1.54, 1.807) is 35.8 Å². The highest BCUT2D eigenvalue weighted by Gasteiger charge is 2.11. The second-order valence-corrected chi connectivity index (χ2v) is 7.67. The van der Waals surface area contributed by atoms with Crippen LogP contribution in [0.3, 0.4) is 0 Å². The summed E-state index contributed by atoms with van der Waals surface area (Å²) in [6.07, 6.45) is 10.7. The van der Waals surface area contributed by atoms with E-state index in [1.165, 1.54) is 29.5 Å². The molecule has 0 radical (unpaired) electrons. The normalized spacial score (nSPS) is 11.2. The highest BCUT2D eigenvalue weighted by atomic mass is 35.5. The Morgan fingerprint density at radius 2 is 2.03 bits per heavy atom. The number of halogens is 2. The first-order valence-corrected chi connectivity index (χ1v) is 9.86. The maximum atomic E-state index is 13.5. The fourth-order valence-corrected chi connectivity index (χ4v) is 3.94. The van der Waals surface area contributed by atoms with Crippen molar-refractivity contribution in [2.24, 2.45) is 0 Å². The molecule has 5 rings (SSSR count). The van der Waals surface area contributed by atoms with Gasteiger partial charge in [0, 0.05) is 40.9 Å². The molecule has 0 unspecified atom stereocenters. The van der Waals surface area contributed by atoms with Crippen molar-refractivity contribution in [1.82, 2.24) is 24.2 Å². The number of rotatable bonds is 5. The third-order valence-corrected chi connectivity index (χ3v) is 5.80. The van der Waals surface area contributed by atoms with E-state index >= 15 is 0 Å². The van der Waals surface area contributed by atoms with Crippen LogP contribution >= 0.6 is 22.9 Å². The maximum Gasteiger partial charge on any atom is 0.141 e. The maximum absolute atomic E-state index is 13.5. The SMILES string of the molecule is Fc1ccc(Cl)c(COn2ccc3ncc(-c4ncc(-n5ccnc5)s4)cc32)c1. The zero-order valence-corrected chi connectivity index (χ0v) is 16.4. The number of nitrogens with zero attached hydrogens (tertiary/aromatic N) is 5. The molecule has 0 saturated heterocycles. The van der Waals surface area contributed by atoms with Gasteiger partial charge < -0.3 is 4.84 Å². The van der Waals surface area contributed by atoms with Crippen molar-refractivity contribution in [3.63, 3.8) is 0 Å². The number of aromatic nitrogens is 5. The van der Waals surface area contributed by atoms with Crippen molar-refractivity contribution < 1.29 is 9.23 Å². The second-order valence-electron chi connectivity index (χ2n) is 6.25. The van der Waals surface area contributed by atoms with Gasteiger partial charge in [0.15, 0.2) is 0 Å². The van der Waals surface area contributed by atoms with Gasteiger partial charge in [-0.1, -0.05) is 22.9 Å². The molecule has 0 aliphatic rings. The van der Waals surface area contributed by atoms with Crippen molar-refractivity contribution in [3.05, 3.63) is 84.0 Å². The molecule has 0 bridgehead atoms. The summed E-state index contributed by atoms with van der Waals surface area (Å²) >= 11 is 7.66. The highest BCUT2D eigenvalue weighted by molar-refractivity contribution is 7.17. The van der Waals surface area contributed by atoms with Crippen molar-refractivity contribution in [1.29, 1.82) is 0 Å². The quantitative estimate of drug-likeness (QED) is 0.407. The molecular formula is C20H13ClFN5OS. The summed E-state index contributed by atoms with van der Waals surface area (Å²) in [5.41, 5.74) is 3.02. The Hall–Kier alpha value is -3.23. The van der Waals surface area contributed by atoms with Crippen LogP contribution < -0.4 is 4.84 Å². The number of imidazole rings is 1. The van der Waals surface area contributed by atoms with Gasteiger partial charge in [-0.05, 0) is 30.3 Å². The van der Waals surface area contributed by atoms with Crippen LogP contribution in [0, 0.1) is 5.82 Å². The molecule has 0 N–H and O–H groups in total. The number of hydrogen-bond donors (Lipinski definition) is 0. The van der Waals surface area contributed by atoms with Crippen LogP contribution in [0.5, 0.6) is 0 Å². The Morgan fingerprint density at radius 1 is 1.10 bits per heavy atom. The number of hydrogen-bond acceptors (Lipinski definition) is 5. The van der Waals surface area contributed by atoms with Crippen molar-refractivity contribution in [2.45, 2.75) is 6.61 Å². The molecule has 0 fully saturated rings. The highest BCUT2D eigenvalue weighted by Crippen LogP contribution is 2.29. The van der Waals surface area contributed by atoms with E-state index in [2.05, 4.69) is 15.0 Å². The largest absolute Gasteiger partial charge is 0.409 e. The zero-order valence-electron chi connectivity index (χ0n) is 14.9. The molecule has 0 saturated carbocycles. The van der Waals surface area contributed by atoms with E-state index in [9.17, 15) is 4.39 Å². The lowest BCUT2D eigenvalue weighted by Gasteiger charge is -2.10. The van der Waals surface area contributed by atoms with Crippen molar-refractivity contribution >= 4 is 34.0 Å². The molecular weight excluding hydrogens is 413 g/mol. The predicted molar refractivity (Wildman–Crippen MR) is 110 cm³/mol. The molecule has 5 aromatic rings. The van der Waals surface area contributed by atoms with Gasteiger partial charge in [-0.15, -0.1) is 0 Å². The Morgan fingerprint density at radius 3 is 2.90 bits per heavy atom. The van der Waals surface area contributed by atoms with Crippen LogP contribution in [0.4, 0.5) is 4.39 Å². The Labute approximate surface area is 173 Å². The van der Waals surface area contributed by atoms with E-state index in [1.807, 2.05) is 22.9 Å². The average molecular weight is 426 g/mol. The van der Waals surface area contributed by atoms with Crippen LogP contribution in [-0.2, 0) is 6.61 Å². The molecule has 0 spiro atoms. The molecule has 0 amide bonds. The monoisotopic (exact) mass is 425 g/mol. The van der Waals surface area contributed by atoms with Crippen LogP contribution in [0.2, 0.25) is 5.02 Å². The molecule has 0 atom stereocenters. The van der Waals surface area contributed by atoms with Gasteiger partial charge in [0.1, 0.15) is 27.9 Å². The lowest BCUT2D eigenvalue weighted by atomic mass is 10.2. The minimum absolute atomic E-state index is 0.132. The fraction of sp³-hybridized carbons (Fsp3) is 0.0500. The summed E-state index contributed by atoms with van der Waals surface area (Å²) in [5.74, 6) is -0.355. The Bertz CT molecular complexity index is 1300. The van der Waals surface area contributed by atoms with E-state index in [0.29, 0.717) is 10.6 Å². The molecule has 0 aliphatic heterocycles. The molecule has 4 aromatic heterocycles. The first-order valence-electron chi connectivity index (χ1n) is 8.66. The summed E-state index contributed by atoms with van der Waals surface area (Å²) < 4.78 is 17.0. The summed E-state index contributed by atoms with van der Waals surface area (Å²) in [6, 6.07) is 8.02. The number of benzene rings is 1. The van der Waals surface area contributed by atoms with Crippen LogP contribution in [0.15, 0.2) is 67.6 Å². The first-order chi connectivity index (χ1) is 14.2.